The average Bonchev–Trinajstić information content (AvgIpc) is 2.92. The van der Waals surface area contributed by atoms with Gasteiger partial charge in [0, 0.05) is 35.2 Å². The van der Waals surface area contributed by atoms with Gasteiger partial charge in [0.15, 0.2) is 0 Å². The molecule has 0 radical (unpaired) electrons. The Morgan fingerprint density at radius 3 is 2.62 bits per heavy atom. The molecular weight excluding hydrogens is 322 g/mol. The van der Waals surface area contributed by atoms with Gasteiger partial charge in [-0.1, -0.05) is 0 Å². The molecule has 0 unspecified atom stereocenters. The minimum atomic E-state index is 0.0821. The molecule has 2 aromatic rings. The van der Waals surface area contributed by atoms with E-state index in [0.717, 1.165) is 28.2 Å². The molecule has 0 aromatic heterocycles. The molecule has 1 amide bonds. The first-order valence-electron chi connectivity index (χ1n) is 7.75. The summed E-state index contributed by atoms with van der Waals surface area (Å²) >= 11 is 1.71. The molecule has 0 saturated heterocycles. The predicted octanol–water partition coefficient (Wildman–Crippen LogP) is 3.89. The van der Waals surface area contributed by atoms with Crippen LogP contribution in [-0.4, -0.2) is 31.3 Å². The van der Waals surface area contributed by atoms with Crippen LogP contribution in [0.2, 0.25) is 0 Å². The SMILES string of the molecule is COc1ccc(CN2Cc3c(ccc(SC)c3C)C2=O)c(OC)c1. The molecule has 0 saturated carbocycles. The predicted molar refractivity (Wildman–Crippen MR) is 96.1 cm³/mol. The minimum Gasteiger partial charge on any atom is -0.497 e. The Morgan fingerprint density at radius 1 is 1.17 bits per heavy atom. The van der Waals surface area contributed by atoms with E-state index >= 15 is 0 Å². The van der Waals surface area contributed by atoms with E-state index in [1.807, 2.05) is 35.2 Å². The van der Waals surface area contributed by atoms with Gasteiger partial charge >= 0.3 is 0 Å². The van der Waals surface area contributed by atoms with Crippen LogP contribution in [0.1, 0.15) is 27.0 Å². The fourth-order valence-corrected chi connectivity index (χ4v) is 3.74. The fourth-order valence-electron chi connectivity index (χ4n) is 3.11. The monoisotopic (exact) mass is 343 g/mol. The highest BCUT2D eigenvalue weighted by Gasteiger charge is 2.29. The van der Waals surface area contributed by atoms with Crippen LogP contribution in [0.4, 0.5) is 0 Å². The topological polar surface area (TPSA) is 38.8 Å². The van der Waals surface area contributed by atoms with Gasteiger partial charge in [-0.2, -0.15) is 0 Å². The first kappa shape index (κ1) is 16.7. The number of hydrogen-bond donors (Lipinski definition) is 0. The second kappa shape index (κ2) is 6.77. The van der Waals surface area contributed by atoms with E-state index in [1.165, 1.54) is 10.5 Å². The zero-order valence-electron chi connectivity index (χ0n) is 14.4. The van der Waals surface area contributed by atoms with Gasteiger partial charge in [-0.05, 0) is 48.6 Å². The number of carbonyl (C=O) groups is 1. The molecule has 5 heteroatoms. The number of methoxy groups -OCH3 is 2. The van der Waals surface area contributed by atoms with Crippen LogP contribution in [0.25, 0.3) is 0 Å². The van der Waals surface area contributed by atoms with Crippen molar-refractivity contribution in [3.63, 3.8) is 0 Å². The van der Waals surface area contributed by atoms with E-state index in [9.17, 15) is 4.79 Å². The van der Waals surface area contributed by atoms with E-state index < -0.39 is 0 Å². The minimum absolute atomic E-state index is 0.0821. The number of fused-ring (bicyclic) bond motifs is 1. The van der Waals surface area contributed by atoms with Crippen LogP contribution in [0.3, 0.4) is 0 Å². The molecule has 24 heavy (non-hydrogen) atoms. The molecule has 1 aliphatic heterocycles. The quantitative estimate of drug-likeness (QED) is 0.772. The van der Waals surface area contributed by atoms with Gasteiger partial charge in [0.25, 0.3) is 5.91 Å². The summed E-state index contributed by atoms with van der Waals surface area (Å²) in [6.45, 7) is 3.26. The van der Waals surface area contributed by atoms with Crippen molar-refractivity contribution >= 4 is 17.7 Å². The first-order chi connectivity index (χ1) is 11.6. The normalized spacial score (nSPS) is 13.2. The molecule has 1 heterocycles. The highest BCUT2D eigenvalue weighted by Crippen LogP contribution is 2.34. The number of thioether (sulfide) groups is 1. The number of hydrogen-bond acceptors (Lipinski definition) is 4. The summed E-state index contributed by atoms with van der Waals surface area (Å²) in [5.41, 5.74) is 4.14. The smallest absolute Gasteiger partial charge is 0.254 e. The van der Waals surface area contributed by atoms with Gasteiger partial charge in [0.1, 0.15) is 11.5 Å². The molecule has 0 spiro atoms. The van der Waals surface area contributed by atoms with Crippen LogP contribution in [-0.2, 0) is 13.1 Å². The van der Waals surface area contributed by atoms with Crippen molar-refractivity contribution in [2.24, 2.45) is 0 Å². The van der Waals surface area contributed by atoms with Crippen LogP contribution >= 0.6 is 11.8 Å². The lowest BCUT2D eigenvalue weighted by Gasteiger charge is -2.18. The molecule has 3 rings (SSSR count). The Bertz CT molecular complexity index is 788. The Labute approximate surface area is 146 Å². The lowest BCUT2D eigenvalue weighted by molar-refractivity contribution is 0.0765. The third kappa shape index (κ3) is 2.84. The molecule has 126 valence electrons. The van der Waals surface area contributed by atoms with Crippen LogP contribution in [0, 0.1) is 6.92 Å². The van der Waals surface area contributed by atoms with E-state index in [-0.39, 0.29) is 5.91 Å². The molecule has 2 aromatic carbocycles. The van der Waals surface area contributed by atoms with Crippen molar-refractivity contribution in [1.82, 2.24) is 4.90 Å². The summed E-state index contributed by atoms with van der Waals surface area (Å²) in [5, 5.41) is 0. The van der Waals surface area contributed by atoms with Crippen LogP contribution < -0.4 is 9.47 Å². The van der Waals surface area contributed by atoms with Crippen LogP contribution in [0.5, 0.6) is 11.5 Å². The highest BCUT2D eigenvalue weighted by molar-refractivity contribution is 7.98. The number of ether oxygens (including phenoxy) is 2. The number of benzene rings is 2. The third-order valence-electron chi connectivity index (χ3n) is 4.49. The van der Waals surface area contributed by atoms with E-state index in [4.69, 9.17) is 9.47 Å². The average molecular weight is 343 g/mol. The maximum absolute atomic E-state index is 12.7. The van der Waals surface area contributed by atoms with Crippen molar-refractivity contribution in [1.29, 1.82) is 0 Å². The van der Waals surface area contributed by atoms with E-state index in [0.29, 0.717) is 13.1 Å². The first-order valence-corrected chi connectivity index (χ1v) is 8.98. The lowest BCUT2D eigenvalue weighted by Crippen LogP contribution is -2.23. The van der Waals surface area contributed by atoms with Crippen molar-refractivity contribution in [3.8, 4) is 11.5 Å². The maximum atomic E-state index is 12.7. The maximum Gasteiger partial charge on any atom is 0.254 e. The Kier molecular flexibility index (Phi) is 4.71. The second-order valence-electron chi connectivity index (χ2n) is 5.76. The Hall–Kier alpha value is -2.14. The summed E-state index contributed by atoms with van der Waals surface area (Å²) in [7, 11) is 3.26. The van der Waals surface area contributed by atoms with Crippen LogP contribution in [0.15, 0.2) is 35.2 Å². The number of nitrogens with zero attached hydrogens (tertiary/aromatic N) is 1. The van der Waals surface area contributed by atoms with E-state index in [1.54, 1.807) is 26.0 Å². The van der Waals surface area contributed by atoms with Gasteiger partial charge in [-0.15, -0.1) is 11.8 Å². The third-order valence-corrected chi connectivity index (χ3v) is 5.37. The fraction of sp³-hybridized carbons (Fsp3) is 0.316. The lowest BCUT2D eigenvalue weighted by atomic mass is 10.0. The van der Waals surface area contributed by atoms with Gasteiger partial charge in [0.05, 0.1) is 14.2 Å². The molecule has 0 bridgehead atoms. The van der Waals surface area contributed by atoms with Crippen molar-refractivity contribution in [2.45, 2.75) is 24.9 Å². The summed E-state index contributed by atoms with van der Waals surface area (Å²) in [6.07, 6.45) is 2.06. The van der Waals surface area contributed by atoms with E-state index in [2.05, 4.69) is 13.2 Å². The molecule has 0 fully saturated rings. The zero-order chi connectivity index (χ0) is 17.3. The largest absolute Gasteiger partial charge is 0.497 e. The summed E-state index contributed by atoms with van der Waals surface area (Å²) in [4.78, 5) is 15.8. The number of rotatable bonds is 5. The second-order valence-corrected chi connectivity index (χ2v) is 6.61. The van der Waals surface area contributed by atoms with Gasteiger partial charge in [-0.3, -0.25) is 4.79 Å². The molecule has 0 aliphatic carbocycles. The van der Waals surface area contributed by atoms with Crippen molar-refractivity contribution in [3.05, 3.63) is 52.6 Å². The molecule has 4 nitrogen and oxygen atoms in total. The highest BCUT2D eigenvalue weighted by atomic mass is 32.2. The molecule has 0 atom stereocenters. The van der Waals surface area contributed by atoms with Crippen molar-refractivity contribution < 1.29 is 14.3 Å². The van der Waals surface area contributed by atoms with Crippen molar-refractivity contribution in [2.75, 3.05) is 20.5 Å². The van der Waals surface area contributed by atoms with Gasteiger partial charge < -0.3 is 14.4 Å². The Balaban J connectivity index is 1.88. The van der Waals surface area contributed by atoms with Gasteiger partial charge in [-0.25, -0.2) is 0 Å². The van der Waals surface area contributed by atoms with Gasteiger partial charge in [0.2, 0.25) is 0 Å². The molecule has 0 N–H and O–H groups in total. The number of carbonyl (C=O) groups excluding carboxylic acids is 1. The Morgan fingerprint density at radius 2 is 1.96 bits per heavy atom. The molecular formula is C19H21NO3S. The number of amides is 1. The summed E-state index contributed by atoms with van der Waals surface area (Å²) < 4.78 is 10.7. The standard InChI is InChI=1S/C19H21NO3S/c1-12-16-11-20(19(21)15(16)7-8-18(12)24-4)10-13-5-6-14(22-2)9-17(13)23-3/h5-9H,10-11H2,1-4H3. The summed E-state index contributed by atoms with van der Waals surface area (Å²) in [5.74, 6) is 1.56. The summed E-state index contributed by atoms with van der Waals surface area (Å²) in [6, 6.07) is 9.67. The zero-order valence-corrected chi connectivity index (χ0v) is 15.2. The molecule has 1 aliphatic rings.